The first-order valence-corrected chi connectivity index (χ1v) is 5.79. The van der Waals surface area contributed by atoms with Gasteiger partial charge in [0, 0.05) is 18.3 Å². The first-order valence-electron chi connectivity index (χ1n) is 5.79. The zero-order chi connectivity index (χ0) is 12.8. The Hall–Kier alpha value is -2.36. The van der Waals surface area contributed by atoms with Crippen molar-refractivity contribution < 1.29 is 4.79 Å². The quantitative estimate of drug-likeness (QED) is 0.806. The predicted octanol–water partition coefficient (Wildman–Crippen LogP) is 2.24. The number of nitrogen functional groups attached to an aromatic ring is 1. The summed E-state index contributed by atoms with van der Waals surface area (Å²) in [6, 6.07) is 13.0. The Morgan fingerprint density at radius 2 is 2.11 bits per heavy atom. The van der Waals surface area contributed by atoms with Gasteiger partial charge in [0.15, 0.2) is 0 Å². The Morgan fingerprint density at radius 3 is 2.83 bits per heavy atom. The second kappa shape index (κ2) is 5.82. The lowest BCUT2D eigenvalue weighted by Gasteiger charge is -2.04. The van der Waals surface area contributed by atoms with Gasteiger partial charge >= 0.3 is 0 Å². The number of pyridine rings is 1. The number of hydrogen-bond acceptors (Lipinski definition) is 3. The first-order chi connectivity index (χ1) is 8.74. The summed E-state index contributed by atoms with van der Waals surface area (Å²) in [6.45, 7) is 0. The van der Waals surface area contributed by atoms with Crippen LogP contribution in [0, 0.1) is 0 Å². The number of nitrogens with one attached hydrogen (secondary N) is 1. The Bertz CT molecular complexity index is 526. The standard InChI is InChI=1S/C14H15N3O/c15-12-5-3-4-11(10-12)7-8-14(18)17-13-6-1-2-9-16-13/h1-6,9-10H,7-8,15H2,(H,16,17,18). The third kappa shape index (κ3) is 3.59. The largest absolute Gasteiger partial charge is 0.399 e. The van der Waals surface area contributed by atoms with Crippen LogP contribution in [0.5, 0.6) is 0 Å². The van der Waals surface area contributed by atoms with Gasteiger partial charge in [-0.2, -0.15) is 0 Å². The normalized spacial score (nSPS) is 10.0. The van der Waals surface area contributed by atoms with Crippen LogP contribution in [0.3, 0.4) is 0 Å². The van der Waals surface area contributed by atoms with E-state index >= 15 is 0 Å². The van der Waals surface area contributed by atoms with E-state index in [1.807, 2.05) is 36.4 Å². The minimum absolute atomic E-state index is 0.0453. The van der Waals surface area contributed by atoms with Crippen LogP contribution < -0.4 is 11.1 Å². The Morgan fingerprint density at radius 1 is 1.22 bits per heavy atom. The fourth-order valence-electron chi connectivity index (χ4n) is 1.65. The third-order valence-electron chi connectivity index (χ3n) is 2.52. The van der Waals surface area contributed by atoms with Crippen molar-refractivity contribution in [3.05, 3.63) is 54.2 Å². The third-order valence-corrected chi connectivity index (χ3v) is 2.52. The van der Waals surface area contributed by atoms with Crippen molar-refractivity contribution >= 4 is 17.4 Å². The van der Waals surface area contributed by atoms with Crippen LogP contribution >= 0.6 is 0 Å². The van der Waals surface area contributed by atoms with E-state index in [9.17, 15) is 4.79 Å². The van der Waals surface area contributed by atoms with Crippen molar-refractivity contribution in [1.29, 1.82) is 0 Å². The van der Waals surface area contributed by atoms with E-state index < -0.39 is 0 Å². The molecule has 4 nitrogen and oxygen atoms in total. The highest BCUT2D eigenvalue weighted by Gasteiger charge is 2.03. The lowest BCUT2D eigenvalue weighted by atomic mass is 10.1. The van der Waals surface area contributed by atoms with Crippen LogP contribution in [0.1, 0.15) is 12.0 Å². The van der Waals surface area contributed by atoms with E-state index in [1.165, 1.54) is 0 Å². The first kappa shape index (κ1) is 12.1. The molecule has 0 saturated carbocycles. The molecule has 0 atom stereocenters. The van der Waals surface area contributed by atoms with Gasteiger partial charge in [-0.15, -0.1) is 0 Å². The zero-order valence-corrected chi connectivity index (χ0v) is 9.97. The summed E-state index contributed by atoms with van der Waals surface area (Å²) < 4.78 is 0. The molecule has 3 N–H and O–H groups in total. The predicted molar refractivity (Wildman–Crippen MR) is 72.0 cm³/mol. The summed E-state index contributed by atoms with van der Waals surface area (Å²) in [5, 5.41) is 2.75. The van der Waals surface area contributed by atoms with E-state index in [-0.39, 0.29) is 5.91 Å². The second-order valence-electron chi connectivity index (χ2n) is 4.01. The van der Waals surface area contributed by atoms with Gasteiger partial charge in [0.1, 0.15) is 5.82 Å². The number of amides is 1. The summed E-state index contributed by atoms with van der Waals surface area (Å²) in [5.41, 5.74) is 7.46. The smallest absolute Gasteiger partial charge is 0.225 e. The number of benzene rings is 1. The topological polar surface area (TPSA) is 68.0 Å². The lowest BCUT2D eigenvalue weighted by Crippen LogP contribution is -2.13. The van der Waals surface area contributed by atoms with E-state index in [4.69, 9.17) is 5.73 Å². The highest BCUT2D eigenvalue weighted by Crippen LogP contribution is 2.09. The minimum atomic E-state index is -0.0453. The van der Waals surface area contributed by atoms with E-state index in [0.29, 0.717) is 18.7 Å². The van der Waals surface area contributed by atoms with Gasteiger partial charge in [0.25, 0.3) is 0 Å². The van der Waals surface area contributed by atoms with E-state index in [0.717, 1.165) is 11.3 Å². The molecular weight excluding hydrogens is 226 g/mol. The molecule has 0 bridgehead atoms. The van der Waals surface area contributed by atoms with Crippen LogP contribution in [-0.2, 0) is 11.2 Å². The maximum absolute atomic E-state index is 11.7. The van der Waals surface area contributed by atoms with Crippen molar-refractivity contribution in [1.82, 2.24) is 4.98 Å². The number of nitrogens with zero attached hydrogens (tertiary/aromatic N) is 1. The molecule has 1 heterocycles. The average Bonchev–Trinajstić information content (AvgIpc) is 2.38. The van der Waals surface area contributed by atoms with Gasteiger partial charge in [0.2, 0.25) is 5.91 Å². The molecule has 92 valence electrons. The highest BCUT2D eigenvalue weighted by atomic mass is 16.1. The van der Waals surface area contributed by atoms with Crippen LogP contribution in [0.4, 0.5) is 11.5 Å². The molecule has 0 aliphatic carbocycles. The minimum Gasteiger partial charge on any atom is -0.399 e. The molecule has 0 unspecified atom stereocenters. The maximum atomic E-state index is 11.7. The van der Waals surface area contributed by atoms with Crippen LogP contribution in [0.15, 0.2) is 48.7 Å². The summed E-state index contributed by atoms with van der Waals surface area (Å²) in [5.74, 6) is 0.534. The fraction of sp³-hybridized carbons (Fsp3) is 0.143. The van der Waals surface area contributed by atoms with Gasteiger partial charge in [0.05, 0.1) is 0 Å². The molecule has 1 aromatic heterocycles. The molecule has 0 aliphatic heterocycles. The molecule has 2 aromatic rings. The van der Waals surface area contributed by atoms with Crippen molar-refractivity contribution in [2.75, 3.05) is 11.1 Å². The lowest BCUT2D eigenvalue weighted by molar-refractivity contribution is -0.116. The number of aryl methyl sites for hydroxylation is 1. The average molecular weight is 241 g/mol. The van der Waals surface area contributed by atoms with Gasteiger partial charge in [-0.05, 0) is 36.2 Å². The van der Waals surface area contributed by atoms with Crippen molar-refractivity contribution in [3.63, 3.8) is 0 Å². The van der Waals surface area contributed by atoms with Crippen LogP contribution in [0.2, 0.25) is 0 Å². The Labute approximate surface area is 106 Å². The molecule has 0 aliphatic rings. The molecule has 1 aromatic carbocycles. The SMILES string of the molecule is Nc1cccc(CCC(=O)Nc2ccccn2)c1. The summed E-state index contributed by atoms with van der Waals surface area (Å²) >= 11 is 0. The van der Waals surface area contributed by atoms with E-state index in [1.54, 1.807) is 12.3 Å². The van der Waals surface area contributed by atoms with Crippen molar-refractivity contribution in [2.24, 2.45) is 0 Å². The summed E-state index contributed by atoms with van der Waals surface area (Å²) in [6.07, 6.45) is 2.73. The molecule has 2 rings (SSSR count). The summed E-state index contributed by atoms with van der Waals surface area (Å²) in [7, 11) is 0. The molecule has 0 saturated heterocycles. The molecule has 1 amide bonds. The number of aromatic nitrogens is 1. The molecule has 18 heavy (non-hydrogen) atoms. The molecule has 0 fully saturated rings. The maximum Gasteiger partial charge on any atom is 0.225 e. The van der Waals surface area contributed by atoms with Crippen LogP contribution in [-0.4, -0.2) is 10.9 Å². The molecule has 0 spiro atoms. The second-order valence-corrected chi connectivity index (χ2v) is 4.01. The monoisotopic (exact) mass is 241 g/mol. The zero-order valence-electron chi connectivity index (χ0n) is 9.97. The Kier molecular flexibility index (Phi) is 3.91. The number of carbonyl (C=O) groups is 1. The van der Waals surface area contributed by atoms with E-state index in [2.05, 4.69) is 10.3 Å². The molecular formula is C14H15N3O. The highest BCUT2D eigenvalue weighted by molar-refractivity contribution is 5.89. The number of carbonyl (C=O) groups excluding carboxylic acids is 1. The Balaban J connectivity index is 1.85. The number of anilines is 2. The van der Waals surface area contributed by atoms with Gasteiger partial charge in [-0.1, -0.05) is 18.2 Å². The van der Waals surface area contributed by atoms with Gasteiger partial charge in [-0.3, -0.25) is 4.79 Å². The number of hydrogen-bond donors (Lipinski definition) is 2. The number of rotatable bonds is 4. The van der Waals surface area contributed by atoms with Crippen molar-refractivity contribution in [2.45, 2.75) is 12.8 Å². The van der Waals surface area contributed by atoms with Gasteiger partial charge in [-0.25, -0.2) is 4.98 Å². The van der Waals surface area contributed by atoms with Gasteiger partial charge < -0.3 is 11.1 Å². The molecule has 4 heteroatoms. The molecule has 0 radical (unpaired) electrons. The fourth-order valence-corrected chi connectivity index (χ4v) is 1.65. The van der Waals surface area contributed by atoms with Crippen molar-refractivity contribution in [3.8, 4) is 0 Å². The van der Waals surface area contributed by atoms with Crippen LogP contribution in [0.25, 0.3) is 0 Å². The summed E-state index contributed by atoms with van der Waals surface area (Å²) in [4.78, 5) is 15.7. The number of nitrogens with two attached hydrogens (primary N) is 1.